The van der Waals surface area contributed by atoms with Gasteiger partial charge in [0.1, 0.15) is 6.10 Å². The molecule has 0 aliphatic heterocycles. The standard InChI is InChI=1S/C11H14BrNO3S/c1-7-10(12)3-4-11(13-7)16-8-5-9(6-8)17(2,14)15/h3-4,8-9H,5-6H2,1-2H3/t8-,9-. The summed E-state index contributed by atoms with van der Waals surface area (Å²) in [4.78, 5) is 4.26. The number of rotatable bonds is 3. The summed E-state index contributed by atoms with van der Waals surface area (Å²) in [6.45, 7) is 1.89. The lowest BCUT2D eigenvalue weighted by atomic mass is 9.95. The molecule has 0 bridgehead atoms. The maximum atomic E-state index is 11.2. The van der Waals surface area contributed by atoms with E-state index in [9.17, 15) is 8.42 Å². The summed E-state index contributed by atoms with van der Waals surface area (Å²) < 4.78 is 29.0. The Balaban J connectivity index is 1.94. The van der Waals surface area contributed by atoms with Gasteiger partial charge in [-0.3, -0.25) is 0 Å². The molecule has 94 valence electrons. The SMILES string of the molecule is Cc1nc(O[C@H]2C[C@H](S(C)(=O)=O)C2)ccc1Br. The van der Waals surface area contributed by atoms with Gasteiger partial charge >= 0.3 is 0 Å². The molecule has 6 heteroatoms. The Labute approximate surface area is 109 Å². The van der Waals surface area contributed by atoms with Crippen molar-refractivity contribution in [1.82, 2.24) is 4.98 Å². The molecular formula is C11H14BrNO3S. The first-order valence-corrected chi connectivity index (χ1v) is 8.09. The van der Waals surface area contributed by atoms with E-state index in [1.165, 1.54) is 6.26 Å². The summed E-state index contributed by atoms with van der Waals surface area (Å²) in [5.41, 5.74) is 0.862. The molecule has 1 saturated carbocycles. The zero-order valence-corrected chi connectivity index (χ0v) is 12.1. The molecule has 0 saturated heterocycles. The summed E-state index contributed by atoms with van der Waals surface area (Å²) in [6, 6.07) is 3.66. The molecule has 4 nitrogen and oxygen atoms in total. The van der Waals surface area contributed by atoms with Crippen LogP contribution in [0.15, 0.2) is 16.6 Å². The summed E-state index contributed by atoms with van der Waals surface area (Å²) in [6.07, 6.45) is 2.38. The molecule has 0 atom stereocenters. The van der Waals surface area contributed by atoms with Crippen molar-refractivity contribution in [2.24, 2.45) is 0 Å². The molecule has 1 aliphatic carbocycles. The van der Waals surface area contributed by atoms with Gasteiger partial charge in [0.2, 0.25) is 5.88 Å². The molecule has 0 unspecified atom stereocenters. The first-order valence-electron chi connectivity index (χ1n) is 5.35. The zero-order valence-electron chi connectivity index (χ0n) is 9.68. The van der Waals surface area contributed by atoms with Gasteiger partial charge in [0, 0.05) is 29.6 Å². The van der Waals surface area contributed by atoms with Crippen LogP contribution in [0.1, 0.15) is 18.5 Å². The van der Waals surface area contributed by atoms with Crippen LogP contribution in [-0.2, 0) is 9.84 Å². The normalized spacial score (nSPS) is 24.2. The predicted octanol–water partition coefficient (Wildman–Crippen LogP) is 2.11. The van der Waals surface area contributed by atoms with Gasteiger partial charge < -0.3 is 4.74 Å². The van der Waals surface area contributed by atoms with E-state index in [1.807, 2.05) is 13.0 Å². The lowest BCUT2D eigenvalue weighted by Gasteiger charge is -2.33. The van der Waals surface area contributed by atoms with Crippen molar-refractivity contribution < 1.29 is 13.2 Å². The molecule has 1 fully saturated rings. The Kier molecular flexibility index (Phi) is 3.45. The van der Waals surface area contributed by atoms with E-state index in [4.69, 9.17) is 4.74 Å². The van der Waals surface area contributed by atoms with Gasteiger partial charge in [-0.2, -0.15) is 0 Å². The first-order chi connectivity index (χ1) is 7.86. The van der Waals surface area contributed by atoms with Crippen LogP contribution >= 0.6 is 15.9 Å². The second kappa shape index (κ2) is 4.57. The van der Waals surface area contributed by atoms with Crippen molar-refractivity contribution >= 4 is 25.8 Å². The van der Waals surface area contributed by atoms with Crippen LogP contribution in [0.4, 0.5) is 0 Å². The number of aromatic nitrogens is 1. The minimum absolute atomic E-state index is 0.0252. The number of hydrogen-bond donors (Lipinski definition) is 0. The Morgan fingerprint density at radius 1 is 1.41 bits per heavy atom. The van der Waals surface area contributed by atoms with Crippen LogP contribution in [0.5, 0.6) is 5.88 Å². The van der Waals surface area contributed by atoms with Gasteiger partial charge in [0.05, 0.1) is 10.9 Å². The van der Waals surface area contributed by atoms with E-state index in [1.54, 1.807) is 6.07 Å². The van der Waals surface area contributed by atoms with E-state index < -0.39 is 9.84 Å². The Morgan fingerprint density at radius 3 is 2.59 bits per heavy atom. The lowest BCUT2D eigenvalue weighted by molar-refractivity contribution is 0.117. The largest absolute Gasteiger partial charge is 0.474 e. The van der Waals surface area contributed by atoms with Crippen molar-refractivity contribution in [1.29, 1.82) is 0 Å². The first kappa shape index (κ1) is 12.8. The highest BCUT2D eigenvalue weighted by Crippen LogP contribution is 2.30. The van der Waals surface area contributed by atoms with Gasteiger partial charge in [0.25, 0.3) is 0 Å². The summed E-state index contributed by atoms with van der Waals surface area (Å²) >= 11 is 3.36. The molecule has 0 spiro atoms. The van der Waals surface area contributed by atoms with Crippen molar-refractivity contribution in [3.63, 3.8) is 0 Å². The molecular weight excluding hydrogens is 306 g/mol. The molecule has 1 aromatic heterocycles. The second-order valence-electron chi connectivity index (χ2n) is 4.38. The van der Waals surface area contributed by atoms with E-state index in [2.05, 4.69) is 20.9 Å². The highest BCUT2D eigenvalue weighted by molar-refractivity contribution is 9.10. The fourth-order valence-electron chi connectivity index (χ4n) is 1.72. The minimum Gasteiger partial charge on any atom is -0.474 e. The highest BCUT2D eigenvalue weighted by atomic mass is 79.9. The molecule has 1 aromatic rings. The van der Waals surface area contributed by atoms with Crippen LogP contribution < -0.4 is 4.74 Å². The maximum absolute atomic E-state index is 11.2. The van der Waals surface area contributed by atoms with Crippen molar-refractivity contribution in [3.8, 4) is 5.88 Å². The number of pyridine rings is 1. The molecule has 17 heavy (non-hydrogen) atoms. The van der Waals surface area contributed by atoms with E-state index in [-0.39, 0.29) is 11.4 Å². The van der Waals surface area contributed by atoms with Gasteiger partial charge in [-0.25, -0.2) is 13.4 Å². The topological polar surface area (TPSA) is 56.3 Å². The van der Waals surface area contributed by atoms with Crippen LogP contribution in [0.2, 0.25) is 0 Å². The summed E-state index contributed by atoms with van der Waals surface area (Å²) in [7, 11) is -2.91. The Morgan fingerprint density at radius 2 is 2.06 bits per heavy atom. The number of ether oxygens (including phenoxy) is 1. The predicted molar refractivity (Wildman–Crippen MR) is 69.0 cm³/mol. The second-order valence-corrected chi connectivity index (χ2v) is 7.56. The molecule has 1 heterocycles. The smallest absolute Gasteiger partial charge is 0.213 e. The molecule has 2 rings (SSSR count). The molecule has 0 radical (unpaired) electrons. The average Bonchev–Trinajstić information content (AvgIpc) is 2.14. The summed E-state index contributed by atoms with van der Waals surface area (Å²) in [5, 5.41) is -0.246. The third-order valence-electron chi connectivity index (χ3n) is 2.94. The Bertz CT molecular complexity index is 524. The minimum atomic E-state index is -2.91. The lowest BCUT2D eigenvalue weighted by Crippen LogP contribution is -2.42. The van der Waals surface area contributed by atoms with Crippen LogP contribution in [-0.4, -0.2) is 31.0 Å². The van der Waals surface area contributed by atoms with E-state index >= 15 is 0 Å². The van der Waals surface area contributed by atoms with Gasteiger partial charge in [-0.1, -0.05) is 0 Å². The van der Waals surface area contributed by atoms with Crippen molar-refractivity contribution in [2.45, 2.75) is 31.1 Å². The number of halogens is 1. The Hall–Kier alpha value is -0.620. The van der Waals surface area contributed by atoms with Crippen molar-refractivity contribution in [2.75, 3.05) is 6.26 Å². The van der Waals surface area contributed by atoms with Gasteiger partial charge in [-0.15, -0.1) is 0 Å². The number of nitrogens with zero attached hydrogens (tertiary/aromatic N) is 1. The van der Waals surface area contributed by atoms with E-state index in [0.29, 0.717) is 18.7 Å². The van der Waals surface area contributed by atoms with Gasteiger partial charge in [0.15, 0.2) is 9.84 Å². The zero-order chi connectivity index (χ0) is 12.6. The van der Waals surface area contributed by atoms with Gasteiger partial charge in [-0.05, 0) is 28.9 Å². The van der Waals surface area contributed by atoms with E-state index in [0.717, 1.165) is 10.2 Å². The summed E-state index contributed by atoms with van der Waals surface area (Å²) in [5.74, 6) is 0.558. The number of sulfone groups is 1. The molecule has 0 amide bonds. The maximum Gasteiger partial charge on any atom is 0.213 e. The van der Waals surface area contributed by atoms with Crippen LogP contribution in [0.3, 0.4) is 0 Å². The quantitative estimate of drug-likeness (QED) is 0.856. The van der Waals surface area contributed by atoms with Crippen LogP contribution in [0.25, 0.3) is 0 Å². The molecule has 0 aromatic carbocycles. The molecule has 0 N–H and O–H groups in total. The third kappa shape index (κ3) is 2.98. The van der Waals surface area contributed by atoms with Crippen LogP contribution in [0, 0.1) is 6.92 Å². The molecule has 1 aliphatic rings. The third-order valence-corrected chi connectivity index (χ3v) is 5.37. The highest BCUT2D eigenvalue weighted by Gasteiger charge is 2.37. The number of aryl methyl sites for hydroxylation is 1. The monoisotopic (exact) mass is 319 g/mol. The fraction of sp³-hybridized carbons (Fsp3) is 0.545. The average molecular weight is 320 g/mol. The fourth-order valence-corrected chi connectivity index (χ4v) is 3.07. The number of hydrogen-bond acceptors (Lipinski definition) is 4. The van der Waals surface area contributed by atoms with Crippen molar-refractivity contribution in [3.05, 3.63) is 22.3 Å².